The van der Waals surface area contributed by atoms with Gasteiger partial charge in [-0.3, -0.25) is 4.52 Å². The summed E-state index contributed by atoms with van der Waals surface area (Å²) in [5, 5.41) is 18.7. The van der Waals surface area contributed by atoms with E-state index in [0.29, 0.717) is 0 Å². The zero-order valence-electron chi connectivity index (χ0n) is 7.06. The second-order valence-electron chi connectivity index (χ2n) is 2.79. The minimum Gasteiger partial charge on any atom is -0.550 e. The predicted octanol–water partition coefficient (Wildman–Crippen LogP) is -0.628. The molecule has 0 aromatic carbocycles. The lowest BCUT2D eigenvalue weighted by atomic mass is 9.99. The third-order valence-corrected chi connectivity index (χ3v) is 2.04. The van der Waals surface area contributed by atoms with Crippen LogP contribution in [0.25, 0.3) is 0 Å². The van der Waals surface area contributed by atoms with Gasteiger partial charge in [0.05, 0.1) is 5.60 Å². The van der Waals surface area contributed by atoms with Crippen molar-refractivity contribution in [2.24, 2.45) is 0 Å². The smallest absolute Gasteiger partial charge is 0.468 e. The van der Waals surface area contributed by atoms with Gasteiger partial charge in [0, 0.05) is 25.4 Å². The minimum atomic E-state index is -3.13. The molecule has 0 saturated carbocycles. The van der Waals surface area contributed by atoms with Crippen LogP contribution in [-0.2, 0) is 18.4 Å². The van der Waals surface area contributed by atoms with Crippen LogP contribution in [0, 0.1) is 0 Å². The van der Waals surface area contributed by atoms with Crippen LogP contribution < -0.4 is 5.11 Å². The quantitative estimate of drug-likeness (QED) is 0.584. The Morgan fingerprint density at radius 1 is 1.62 bits per heavy atom. The number of carbonyl (C=O) groups is 1. The van der Waals surface area contributed by atoms with Crippen LogP contribution in [0.5, 0.6) is 0 Å². The zero-order valence-corrected chi connectivity index (χ0v) is 7.95. The normalized spacial score (nSPS) is 14.9. The van der Waals surface area contributed by atoms with Gasteiger partial charge >= 0.3 is 7.91 Å². The van der Waals surface area contributed by atoms with Gasteiger partial charge in [-0.05, 0) is 6.92 Å². The first-order valence-corrected chi connectivity index (χ1v) is 4.63. The third-order valence-electron chi connectivity index (χ3n) is 1.45. The van der Waals surface area contributed by atoms with Gasteiger partial charge in [-0.25, -0.2) is 9.13 Å². The van der Waals surface area contributed by atoms with Crippen LogP contribution in [0.4, 0.5) is 0 Å². The number of aliphatic carboxylic acids is 1. The molecule has 0 aromatic rings. The van der Waals surface area contributed by atoms with Crippen molar-refractivity contribution < 1.29 is 28.7 Å². The molecule has 0 fully saturated rings. The van der Waals surface area contributed by atoms with Crippen molar-refractivity contribution in [1.29, 1.82) is 0 Å². The maximum Gasteiger partial charge on any atom is 0.468 e. The van der Waals surface area contributed by atoms with Crippen molar-refractivity contribution >= 4 is 13.9 Å². The molecule has 0 unspecified atom stereocenters. The molecule has 0 aliphatic carbocycles. The van der Waals surface area contributed by atoms with Crippen molar-refractivity contribution in [3.63, 3.8) is 0 Å². The van der Waals surface area contributed by atoms with Gasteiger partial charge in [0.15, 0.2) is 0 Å². The summed E-state index contributed by atoms with van der Waals surface area (Å²) in [5.74, 6) is -1.42. The van der Waals surface area contributed by atoms with E-state index in [2.05, 4.69) is 4.52 Å². The summed E-state index contributed by atoms with van der Waals surface area (Å²) >= 11 is 0. The largest absolute Gasteiger partial charge is 0.550 e. The number of aliphatic hydroxyl groups excluding tert-OH is 1. The Labute approximate surface area is 75.4 Å². The van der Waals surface area contributed by atoms with E-state index in [1.54, 1.807) is 0 Å². The third kappa shape index (κ3) is 5.52. The van der Waals surface area contributed by atoms with E-state index in [-0.39, 0.29) is 13.0 Å². The summed E-state index contributed by atoms with van der Waals surface area (Å²) in [5.41, 5.74) is -1.41. The molecule has 0 radical (unpaired) electrons. The summed E-state index contributed by atoms with van der Waals surface area (Å²) in [6.07, 6.45) is -0.652. The molecule has 0 saturated heterocycles. The van der Waals surface area contributed by atoms with Gasteiger partial charge in [-0.15, -0.1) is 0 Å². The van der Waals surface area contributed by atoms with Crippen LogP contribution in [0.2, 0.25) is 0 Å². The van der Waals surface area contributed by atoms with E-state index >= 15 is 0 Å². The van der Waals surface area contributed by atoms with E-state index in [1.165, 1.54) is 6.92 Å². The highest BCUT2D eigenvalue weighted by Crippen LogP contribution is 2.27. The standard InChI is InChI=1S/C6H11O6P/c1-6(2-3-7,4-5(8)9)12-13(10)11/h7H,2-4H2,1H3,(H,8,9)/p-1/t6-/m1/s1. The van der Waals surface area contributed by atoms with Crippen molar-refractivity contribution in [3.05, 3.63) is 0 Å². The highest BCUT2D eigenvalue weighted by Gasteiger charge is 2.27. The summed E-state index contributed by atoms with van der Waals surface area (Å²) < 4.78 is 24.7. The molecule has 0 rings (SSSR count). The summed E-state index contributed by atoms with van der Waals surface area (Å²) in [7, 11) is -3.13. The van der Waals surface area contributed by atoms with E-state index in [4.69, 9.17) is 5.11 Å². The minimum absolute atomic E-state index is 0.0791. The number of carboxylic acid groups (broad SMARTS) is 1. The van der Waals surface area contributed by atoms with Gasteiger partial charge in [0.2, 0.25) is 0 Å². The van der Waals surface area contributed by atoms with E-state index in [0.717, 1.165) is 0 Å². The first-order valence-electron chi connectivity index (χ1n) is 3.54. The first kappa shape index (κ1) is 12.3. The van der Waals surface area contributed by atoms with Gasteiger partial charge in [0.1, 0.15) is 0 Å². The lowest BCUT2D eigenvalue weighted by molar-refractivity contribution is -0.308. The number of rotatable bonds is 6. The molecule has 7 heteroatoms. The Balaban J connectivity index is 4.40. The molecule has 0 aliphatic heterocycles. The molecule has 1 atom stereocenters. The highest BCUT2D eigenvalue weighted by molar-refractivity contribution is 7.24. The number of carbonyl (C=O) groups excluding carboxylic acids is 1. The number of hydrogen-bond donors (Lipinski definition) is 1. The summed E-state index contributed by atoms with van der Waals surface area (Å²) in [6, 6.07) is 0. The fraction of sp³-hybridized carbons (Fsp3) is 0.833. The van der Waals surface area contributed by atoms with Gasteiger partial charge in [-0.2, -0.15) is 0 Å². The molecule has 0 spiro atoms. The Morgan fingerprint density at radius 3 is 2.46 bits per heavy atom. The molecular formula is C6H10O6P-. The van der Waals surface area contributed by atoms with E-state index in [1.807, 2.05) is 0 Å². The summed E-state index contributed by atoms with van der Waals surface area (Å²) in [6.45, 7) is 0.928. The molecule has 0 amide bonds. The average Bonchev–Trinajstić information content (AvgIpc) is 1.81. The van der Waals surface area contributed by atoms with E-state index in [9.17, 15) is 19.0 Å². The molecule has 0 heterocycles. The van der Waals surface area contributed by atoms with Gasteiger partial charge in [0.25, 0.3) is 0 Å². The van der Waals surface area contributed by atoms with Crippen molar-refractivity contribution in [1.82, 2.24) is 0 Å². The van der Waals surface area contributed by atoms with Crippen LogP contribution >= 0.6 is 7.91 Å². The maximum absolute atomic E-state index is 10.2. The molecule has 6 nitrogen and oxygen atoms in total. The molecule has 0 bridgehead atoms. The average molecular weight is 209 g/mol. The SMILES string of the molecule is C[C@@](CCO)(CC(=O)[O-])OP(=O)=O. The number of carboxylic acids is 1. The molecule has 1 N–H and O–H groups in total. The molecule has 13 heavy (non-hydrogen) atoms. The second-order valence-corrected chi connectivity index (χ2v) is 3.42. The topological polar surface area (TPSA) is 104 Å². The Hall–Kier alpha value is -0.710. The van der Waals surface area contributed by atoms with Gasteiger partial charge < -0.3 is 15.0 Å². The molecule has 0 aromatic heterocycles. The zero-order chi connectivity index (χ0) is 10.5. The maximum atomic E-state index is 10.2. The Morgan fingerprint density at radius 2 is 2.15 bits per heavy atom. The van der Waals surface area contributed by atoms with Crippen LogP contribution in [-0.4, -0.2) is 23.3 Å². The monoisotopic (exact) mass is 209 g/mol. The van der Waals surface area contributed by atoms with Crippen LogP contribution in [0.1, 0.15) is 19.8 Å². The first-order chi connectivity index (χ1) is 5.89. The Bertz CT molecular complexity index is 240. The lowest BCUT2D eigenvalue weighted by Crippen LogP contribution is -2.36. The van der Waals surface area contributed by atoms with Crippen molar-refractivity contribution in [2.45, 2.75) is 25.4 Å². The van der Waals surface area contributed by atoms with Crippen LogP contribution in [0.15, 0.2) is 0 Å². The molecule has 0 aliphatic rings. The Kier molecular flexibility index (Phi) is 4.83. The lowest BCUT2D eigenvalue weighted by Gasteiger charge is -2.25. The van der Waals surface area contributed by atoms with Crippen molar-refractivity contribution in [3.8, 4) is 0 Å². The predicted molar refractivity (Wildman–Crippen MR) is 39.1 cm³/mol. The van der Waals surface area contributed by atoms with Crippen LogP contribution in [0.3, 0.4) is 0 Å². The number of hydrogen-bond acceptors (Lipinski definition) is 6. The summed E-state index contributed by atoms with van der Waals surface area (Å²) in [4.78, 5) is 10.2. The molecule has 76 valence electrons. The van der Waals surface area contributed by atoms with Crippen molar-refractivity contribution in [2.75, 3.05) is 6.61 Å². The second kappa shape index (κ2) is 5.11. The highest BCUT2D eigenvalue weighted by atomic mass is 31.1. The fourth-order valence-corrected chi connectivity index (χ4v) is 1.40. The molecular weight excluding hydrogens is 199 g/mol. The number of aliphatic hydroxyl groups is 1. The van der Waals surface area contributed by atoms with E-state index < -0.39 is 25.9 Å². The van der Waals surface area contributed by atoms with Gasteiger partial charge in [-0.1, -0.05) is 0 Å². The fourth-order valence-electron chi connectivity index (χ4n) is 0.888.